The molecule has 130 valence electrons. The molecule has 1 aliphatic rings. The van der Waals surface area contributed by atoms with E-state index in [-0.39, 0.29) is 10.8 Å². The minimum atomic E-state index is -3.58. The van der Waals surface area contributed by atoms with E-state index in [0.717, 1.165) is 6.42 Å². The van der Waals surface area contributed by atoms with E-state index in [1.165, 1.54) is 28.6 Å². The highest BCUT2D eigenvalue weighted by Crippen LogP contribution is 2.19. The first-order valence-corrected chi connectivity index (χ1v) is 9.56. The maximum Gasteiger partial charge on any atom is 0.243 e. The summed E-state index contributed by atoms with van der Waals surface area (Å²) in [4.78, 5) is 14.1. The first-order valence-electron chi connectivity index (χ1n) is 8.12. The third-order valence-corrected chi connectivity index (χ3v) is 6.06. The van der Waals surface area contributed by atoms with Gasteiger partial charge in [0.2, 0.25) is 15.9 Å². The lowest BCUT2D eigenvalue weighted by molar-refractivity contribution is -0.132. The van der Waals surface area contributed by atoms with E-state index < -0.39 is 10.0 Å². The zero-order valence-electron chi connectivity index (χ0n) is 14.1. The van der Waals surface area contributed by atoms with Crippen molar-refractivity contribution in [3.8, 4) is 6.07 Å². The van der Waals surface area contributed by atoms with Gasteiger partial charge in [-0.3, -0.25) is 4.79 Å². The summed E-state index contributed by atoms with van der Waals surface area (Å²) in [5, 5.41) is 8.79. The minimum absolute atomic E-state index is 0.0964. The maximum atomic E-state index is 12.6. The summed E-state index contributed by atoms with van der Waals surface area (Å²) in [5.41, 5.74) is 0.425. The number of nitrogens with zero attached hydrogens (tertiary/aromatic N) is 3. The molecule has 2 rings (SSSR count). The average Bonchev–Trinajstić information content (AvgIpc) is 2.59. The Hall–Kier alpha value is -1.91. The van der Waals surface area contributed by atoms with Gasteiger partial charge in [-0.25, -0.2) is 8.42 Å². The van der Waals surface area contributed by atoms with Crippen LogP contribution in [0, 0.1) is 17.2 Å². The van der Waals surface area contributed by atoms with E-state index in [1.807, 2.05) is 6.07 Å². The monoisotopic (exact) mass is 349 g/mol. The zero-order valence-corrected chi connectivity index (χ0v) is 14.9. The highest BCUT2D eigenvalue weighted by molar-refractivity contribution is 7.89. The van der Waals surface area contributed by atoms with E-state index in [2.05, 4.69) is 13.8 Å². The summed E-state index contributed by atoms with van der Waals surface area (Å²) in [7, 11) is -3.58. The summed E-state index contributed by atoms with van der Waals surface area (Å²) in [6.07, 6.45) is 1.36. The number of carbonyl (C=O) groups excluding carboxylic acids is 1. The predicted molar refractivity (Wildman–Crippen MR) is 90.6 cm³/mol. The fourth-order valence-corrected chi connectivity index (χ4v) is 4.02. The van der Waals surface area contributed by atoms with Crippen LogP contribution in [0.2, 0.25) is 0 Å². The zero-order chi connectivity index (χ0) is 17.7. The SMILES string of the molecule is CC(C)CCC(=O)N1CCN(S(=O)(=O)c2ccc(C#N)cc2)CC1. The number of hydrogen-bond donors (Lipinski definition) is 0. The number of sulfonamides is 1. The molecule has 0 aromatic heterocycles. The van der Waals surface area contributed by atoms with Crippen molar-refractivity contribution in [2.45, 2.75) is 31.6 Å². The summed E-state index contributed by atoms with van der Waals surface area (Å²) in [6, 6.07) is 7.87. The van der Waals surface area contributed by atoms with Gasteiger partial charge in [0, 0.05) is 32.6 Å². The Bertz CT molecular complexity index is 712. The number of piperazine rings is 1. The van der Waals surface area contributed by atoms with Crippen molar-refractivity contribution in [1.29, 1.82) is 5.26 Å². The number of hydrogen-bond acceptors (Lipinski definition) is 4. The van der Waals surface area contributed by atoms with Crippen molar-refractivity contribution in [2.75, 3.05) is 26.2 Å². The van der Waals surface area contributed by atoms with Crippen LogP contribution in [-0.4, -0.2) is 49.7 Å². The lowest BCUT2D eigenvalue weighted by atomic mass is 10.1. The molecule has 1 amide bonds. The molecule has 6 nitrogen and oxygen atoms in total. The first kappa shape index (κ1) is 18.4. The van der Waals surface area contributed by atoms with Crippen molar-refractivity contribution in [3.63, 3.8) is 0 Å². The minimum Gasteiger partial charge on any atom is -0.340 e. The predicted octanol–water partition coefficient (Wildman–Crippen LogP) is 1.83. The van der Waals surface area contributed by atoms with Gasteiger partial charge in [-0.1, -0.05) is 13.8 Å². The van der Waals surface area contributed by atoms with Crippen molar-refractivity contribution < 1.29 is 13.2 Å². The Balaban J connectivity index is 1.97. The summed E-state index contributed by atoms with van der Waals surface area (Å²) in [6.45, 7) is 5.61. The first-order chi connectivity index (χ1) is 11.3. The topological polar surface area (TPSA) is 81.5 Å². The van der Waals surface area contributed by atoms with Crippen LogP contribution in [0.3, 0.4) is 0 Å². The van der Waals surface area contributed by atoms with Crippen molar-refractivity contribution in [1.82, 2.24) is 9.21 Å². The highest BCUT2D eigenvalue weighted by atomic mass is 32.2. The van der Waals surface area contributed by atoms with E-state index in [4.69, 9.17) is 5.26 Å². The quantitative estimate of drug-likeness (QED) is 0.812. The van der Waals surface area contributed by atoms with E-state index >= 15 is 0 Å². The molecule has 0 bridgehead atoms. The Morgan fingerprint density at radius 3 is 2.25 bits per heavy atom. The summed E-state index contributed by atoms with van der Waals surface area (Å²) >= 11 is 0. The second-order valence-corrected chi connectivity index (χ2v) is 8.29. The molecular formula is C17H23N3O3S. The number of benzene rings is 1. The standard InChI is InChI=1S/C17H23N3O3S/c1-14(2)3-8-17(21)19-9-11-20(12-10-19)24(22,23)16-6-4-15(13-18)5-7-16/h4-7,14H,3,8-12H2,1-2H3. The lowest BCUT2D eigenvalue weighted by Crippen LogP contribution is -2.50. The van der Waals surface area contributed by atoms with Gasteiger partial charge in [0.1, 0.15) is 0 Å². The Morgan fingerprint density at radius 1 is 1.17 bits per heavy atom. The molecule has 0 unspecified atom stereocenters. The van der Waals surface area contributed by atoms with Gasteiger partial charge >= 0.3 is 0 Å². The molecule has 1 aliphatic heterocycles. The molecule has 0 spiro atoms. The van der Waals surface area contributed by atoms with Gasteiger partial charge in [0.05, 0.1) is 16.5 Å². The van der Waals surface area contributed by atoms with Crippen LogP contribution >= 0.6 is 0 Å². The second kappa shape index (κ2) is 7.77. The molecule has 1 aromatic rings. The maximum absolute atomic E-state index is 12.6. The van der Waals surface area contributed by atoms with Crippen LogP contribution in [0.5, 0.6) is 0 Å². The molecule has 0 aliphatic carbocycles. The van der Waals surface area contributed by atoms with Crippen LogP contribution in [0.1, 0.15) is 32.3 Å². The van der Waals surface area contributed by atoms with Crippen molar-refractivity contribution >= 4 is 15.9 Å². The van der Waals surface area contributed by atoms with Crippen LogP contribution in [0.4, 0.5) is 0 Å². The molecular weight excluding hydrogens is 326 g/mol. The molecule has 1 saturated heterocycles. The van der Waals surface area contributed by atoms with Gasteiger partial charge in [-0.2, -0.15) is 9.57 Å². The van der Waals surface area contributed by atoms with Crippen LogP contribution < -0.4 is 0 Å². The van der Waals surface area contributed by atoms with Crippen LogP contribution in [0.15, 0.2) is 29.2 Å². The van der Waals surface area contributed by atoms with Crippen LogP contribution in [0.25, 0.3) is 0 Å². The lowest BCUT2D eigenvalue weighted by Gasteiger charge is -2.34. The molecule has 0 atom stereocenters. The highest BCUT2D eigenvalue weighted by Gasteiger charge is 2.29. The van der Waals surface area contributed by atoms with Crippen molar-refractivity contribution in [2.24, 2.45) is 5.92 Å². The fraction of sp³-hybridized carbons (Fsp3) is 0.529. The molecule has 0 saturated carbocycles. The smallest absolute Gasteiger partial charge is 0.243 e. The molecule has 0 radical (unpaired) electrons. The Morgan fingerprint density at radius 2 is 1.75 bits per heavy atom. The molecule has 7 heteroatoms. The summed E-state index contributed by atoms with van der Waals surface area (Å²) < 4.78 is 26.6. The van der Waals surface area contributed by atoms with Crippen LogP contribution in [-0.2, 0) is 14.8 Å². The second-order valence-electron chi connectivity index (χ2n) is 6.35. The Kier molecular flexibility index (Phi) is 5.97. The molecule has 1 heterocycles. The van der Waals surface area contributed by atoms with Gasteiger partial charge in [-0.05, 0) is 36.6 Å². The van der Waals surface area contributed by atoms with E-state index in [9.17, 15) is 13.2 Å². The Labute approximate surface area is 143 Å². The van der Waals surface area contributed by atoms with E-state index in [1.54, 1.807) is 4.90 Å². The third-order valence-electron chi connectivity index (χ3n) is 4.15. The number of carbonyl (C=O) groups is 1. The average molecular weight is 349 g/mol. The fourth-order valence-electron chi connectivity index (χ4n) is 2.60. The van der Waals surface area contributed by atoms with Crippen molar-refractivity contribution in [3.05, 3.63) is 29.8 Å². The third kappa shape index (κ3) is 4.34. The summed E-state index contributed by atoms with van der Waals surface area (Å²) in [5.74, 6) is 0.575. The number of nitriles is 1. The largest absolute Gasteiger partial charge is 0.340 e. The van der Waals surface area contributed by atoms with Gasteiger partial charge in [0.25, 0.3) is 0 Å². The molecule has 0 N–H and O–H groups in total. The molecule has 1 fully saturated rings. The normalized spacial score (nSPS) is 16.2. The van der Waals surface area contributed by atoms with Gasteiger partial charge < -0.3 is 4.90 Å². The van der Waals surface area contributed by atoms with Gasteiger partial charge in [-0.15, -0.1) is 0 Å². The van der Waals surface area contributed by atoms with Gasteiger partial charge in [0.15, 0.2) is 0 Å². The number of rotatable bonds is 5. The molecule has 24 heavy (non-hydrogen) atoms. The molecule has 1 aromatic carbocycles. The van der Waals surface area contributed by atoms with E-state index in [0.29, 0.717) is 44.1 Å². The number of amides is 1.